The molecule has 188 valence electrons. The minimum Gasteiger partial charge on any atom is -0.378 e. The second-order valence-corrected chi connectivity index (χ2v) is 9.90. The van der Waals surface area contributed by atoms with Crippen LogP contribution in [-0.4, -0.2) is 51.6 Å². The molecule has 1 saturated heterocycles. The quantitative estimate of drug-likeness (QED) is 0.448. The van der Waals surface area contributed by atoms with Gasteiger partial charge in [0.2, 0.25) is 5.95 Å². The van der Waals surface area contributed by atoms with E-state index in [0.717, 1.165) is 46.4 Å². The SMILES string of the molecule is Cc1cc(F)c(NC(=O)c2cnn(C(C)(C)C)c2F)cc1-c1cc(N2CCOCC2)n2nccc2c1. The van der Waals surface area contributed by atoms with Crippen LogP contribution in [0.4, 0.5) is 20.3 Å². The van der Waals surface area contributed by atoms with Crippen LogP contribution in [0.1, 0.15) is 36.7 Å². The lowest BCUT2D eigenvalue weighted by molar-refractivity contribution is 0.102. The predicted molar refractivity (Wildman–Crippen MR) is 133 cm³/mol. The van der Waals surface area contributed by atoms with Crippen LogP contribution < -0.4 is 10.2 Å². The zero-order valence-corrected chi connectivity index (χ0v) is 20.7. The third-order valence-electron chi connectivity index (χ3n) is 6.28. The van der Waals surface area contributed by atoms with Crippen molar-refractivity contribution in [2.75, 3.05) is 36.5 Å². The number of aromatic nitrogens is 4. The van der Waals surface area contributed by atoms with Crippen LogP contribution >= 0.6 is 0 Å². The Hall–Kier alpha value is -3.79. The fraction of sp³-hybridized carbons (Fsp3) is 0.346. The van der Waals surface area contributed by atoms with Crippen molar-refractivity contribution < 1.29 is 18.3 Å². The number of hydrogen-bond donors (Lipinski definition) is 1. The molecule has 1 amide bonds. The number of anilines is 2. The molecule has 0 bridgehead atoms. The molecule has 0 radical (unpaired) electrons. The van der Waals surface area contributed by atoms with E-state index in [1.54, 1.807) is 33.0 Å². The molecule has 0 unspecified atom stereocenters. The lowest BCUT2D eigenvalue weighted by Crippen LogP contribution is -2.37. The van der Waals surface area contributed by atoms with Crippen molar-refractivity contribution in [3.63, 3.8) is 0 Å². The third-order valence-corrected chi connectivity index (χ3v) is 6.28. The average molecular weight is 495 g/mol. The number of nitrogens with one attached hydrogen (secondary N) is 1. The number of pyridine rings is 1. The summed E-state index contributed by atoms with van der Waals surface area (Å²) in [5, 5.41) is 11.0. The highest BCUT2D eigenvalue weighted by atomic mass is 19.1. The maximum atomic E-state index is 14.9. The number of hydrogen-bond acceptors (Lipinski definition) is 5. The van der Waals surface area contributed by atoms with Crippen LogP contribution in [0.3, 0.4) is 0 Å². The van der Waals surface area contributed by atoms with Crippen molar-refractivity contribution in [2.24, 2.45) is 0 Å². The molecule has 3 aromatic heterocycles. The van der Waals surface area contributed by atoms with Crippen LogP contribution in [0.15, 0.2) is 42.7 Å². The first-order valence-electron chi connectivity index (χ1n) is 11.8. The lowest BCUT2D eigenvalue weighted by Gasteiger charge is -2.29. The standard InChI is InChI=1S/C26H28F2N6O2/c1-16-11-21(27)22(31-25(35)20-15-30-34(24(20)28)26(2,3)4)14-19(16)17-12-18-5-6-29-33(18)23(13-17)32-7-9-36-10-8-32/h5-6,11-15H,7-10H2,1-4H3,(H,31,35). The van der Waals surface area contributed by atoms with E-state index in [1.165, 1.54) is 6.07 Å². The van der Waals surface area contributed by atoms with Gasteiger partial charge in [-0.25, -0.2) is 13.6 Å². The third kappa shape index (κ3) is 4.32. The number of amides is 1. The first-order valence-corrected chi connectivity index (χ1v) is 11.8. The number of fused-ring (bicyclic) bond motifs is 1. The van der Waals surface area contributed by atoms with E-state index >= 15 is 0 Å². The molecule has 8 nitrogen and oxygen atoms in total. The molecule has 0 spiro atoms. The molecule has 1 N–H and O–H groups in total. The van der Waals surface area contributed by atoms with Gasteiger partial charge in [0.25, 0.3) is 5.91 Å². The van der Waals surface area contributed by atoms with Gasteiger partial charge in [-0.2, -0.15) is 14.6 Å². The number of rotatable bonds is 4. The van der Waals surface area contributed by atoms with E-state index < -0.39 is 23.2 Å². The molecule has 1 fully saturated rings. The summed E-state index contributed by atoms with van der Waals surface area (Å²) in [6.07, 6.45) is 2.89. The van der Waals surface area contributed by atoms with Crippen LogP contribution in [0, 0.1) is 18.7 Å². The number of aryl methyl sites for hydroxylation is 1. The molecule has 5 rings (SSSR count). The molecule has 1 aromatic carbocycles. The molecule has 10 heteroatoms. The fourth-order valence-electron chi connectivity index (χ4n) is 4.41. The first kappa shape index (κ1) is 23.9. The smallest absolute Gasteiger partial charge is 0.262 e. The zero-order valence-electron chi connectivity index (χ0n) is 20.7. The number of benzene rings is 1. The Bertz CT molecular complexity index is 1450. The average Bonchev–Trinajstić information content (AvgIpc) is 3.47. The molecule has 4 heterocycles. The topological polar surface area (TPSA) is 76.7 Å². The molecule has 0 aliphatic carbocycles. The second-order valence-electron chi connectivity index (χ2n) is 9.90. The van der Waals surface area contributed by atoms with Crippen molar-refractivity contribution in [1.29, 1.82) is 0 Å². The van der Waals surface area contributed by atoms with Crippen LogP contribution in [-0.2, 0) is 10.3 Å². The largest absolute Gasteiger partial charge is 0.378 e. The van der Waals surface area contributed by atoms with E-state index in [2.05, 4.69) is 20.4 Å². The van der Waals surface area contributed by atoms with Crippen LogP contribution in [0.2, 0.25) is 0 Å². The maximum Gasteiger partial charge on any atom is 0.262 e. The number of carbonyl (C=O) groups excluding carboxylic acids is 1. The van der Waals surface area contributed by atoms with Crippen molar-refractivity contribution in [3.05, 3.63) is 65.6 Å². The molecular formula is C26H28F2N6O2. The van der Waals surface area contributed by atoms with Crippen molar-refractivity contribution >= 4 is 22.9 Å². The van der Waals surface area contributed by atoms with Gasteiger partial charge in [-0.1, -0.05) is 0 Å². The molecule has 4 aromatic rings. The highest BCUT2D eigenvalue weighted by Gasteiger charge is 2.25. The van der Waals surface area contributed by atoms with Gasteiger partial charge >= 0.3 is 0 Å². The number of morpholine rings is 1. The van der Waals surface area contributed by atoms with Crippen LogP contribution in [0.5, 0.6) is 0 Å². The molecule has 36 heavy (non-hydrogen) atoms. The number of carbonyl (C=O) groups is 1. The van der Waals surface area contributed by atoms with Gasteiger partial charge in [-0.05, 0) is 74.7 Å². The van der Waals surface area contributed by atoms with Crippen molar-refractivity contribution in [3.8, 4) is 11.1 Å². The molecule has 1 aliphatic heterocycles. The molecule has 1 aliphatic rings. The highest BCUT2D eigenvalue weighted by molar-refractivity contribution is 6.04. The summed E-state index contributed by atoms with van der Waals surface area (Å²) in [7, 11) is 0. The predicted octanol–water partition coefficient (Wildman–Crippen LogP) is 4.63. The zero-order chi connectivity index (χ0) is 25.6. The summed E-state index contributed by atoms with van der Waals surface area (Å²) in [6, 6.07) is 8.83. The minimum absolute atomic E-state index is 0.0372. The Kier molecular flexibility index (Phi) is 5.99. The van der Waals surface area contributed by atoms with E-state index in [-0.39, 0.29) is 11.3 Å². The van der Waals surface area contributed by atoms with Crippen molar-refractivity contribution in [2.45, 2.75) is 33.2 Å². The van der Waals surface area contributed by atoms with Gasteiger partial charge in [0, 0.05) is 13.1 Å². The Morgan fingerprint density at radius 1 is 1.08 bits per heavy atom. The summed E-state index contributed by atoms with van der Waals surface area (Å²) in [6.45, 7) is 9.86. The first-order chi connectivity index (χ1) is 17.1. The van der Waals surface area contributed by atoms with E-state index in [1.807, 2.05) is 29.6 Å². The summed E-state index contributed by atoms with van der Waals surface area (Å²) < 4.78 is 38.3. The number of halogens is 2. The van der Waals surface area contributed by atoms with Crippen molar-refractivity contribution in [1.82, 2.24) is 19.4 Å². The van der Waals surface area contributed by atoms with Gasteiger partial charge in [0.1, 0.15) is 17.2 Å². The fourth-order valence-corrected chi connectivity index (χ4v) is 4.41. The number of nitrogens with zero attached hydrogens (tertiary/aromatic N) is 5. The van der Waals surface area contributed by atoms with Gasteiger partial charge in [0.05, 0.1) is 42.4 Å². The highest BCUT2D eigenvalue weighted by Crippen LogP contribution is 2.33. The van der Waals surface area contributed by atoms with Crippen LogP contribution in [0.25, 0.3) is 16.6 Å². The van der Waals surface area contributed by atoms with E-state index in [9.17, 15) is 13.6 Å². The maximum absolute atomic E-state index is 14.9. The Morgan fingerprint density at radius 2 is 1.83 bits per heavy atom. The monoisotopic (exact) mass is 494 g/mol. The summed E-state index contributed by atoms with van der Waals surface area (Å²) in [5.41, 5.74) is 2.26. The van der Waals surface area contributed by atoms with Gasteiger partial charge < -0.3 is 15.0 Å². The Morgan fingerprint density at radius 3 is 2.53 bits per heavy atom. The lowest BCUT2D eigenvalue weighted by atomic mass is 9.99. The normalized spacial score (nSPS) is 14.4. The minimum atomic E-state index is -0.769. The summed E-state index contributed by atoms with van der Waals surface area (Å²) in [4.78, 5) is 15.1. The second kappa shape index (κ2) is 9.02. The molecule has 0 atom stereocenters. The molecular weight excluding hydrogens is 466 g/mol. The Labute approximate surface area is 207 Å². The number of ether oxygens (including phenoxy) is 1. The summed E-state index contributed by atoms with van der Waals surface area (Å²) >= 11 is 0. The van der Waals surface area contributed by atoms with Gasteiger partial charge in [-0.3, -0.25) is 4.79 Å². The van der Waals surface area contributed by atoms with E-state index in [4.69, 9.17) is 4.74 Å². The van der Waals surface area contributed by atoms with Gasteiger partial charge in [0.15, 0.2) is 0 Å². The summed E-state index contributed by atoms with van der Waals surface area (Å²) in [5.74, 6) is -1.24. The Balaban J connectivity index is 1.52. The van der Waals surface area contributed by atoms with E-state index in [0.29, 0.717) is 18.8 Å². The van der Waals surface area contributed by atoms with Gasteiger partial charge in [-0.15, -0.1) is 0 Å². The molecule has 0 saturated carbocycles.